The molecule has 2 aromatic carbocycles. The molecule has 2 heterocycles. The standard InChI is InChI=1S/C23H22N2O4S/c1-14-10-15(2)21-19(11-14)24-23(30-21)25(13-17-6-5-9-29-17)22(26)18-12-16(27-3)7-8-20(18)28-4/h5-12H,13H2,1-4H3. The molecular formula is C23H22N2O4S. The minimum absolute atomic E-state index is 0.240. The van der Waals surface area contributed by atoms with Crippen molar-refractivity contribution >= 4 is 32.6 Å². The van der Waals surface area contributed by atoms with E-state index in [9.17, 15) is 4.79 Å². The van der Waals surface area contributed by atoms with Gasteiger partial charge in [-0.05, 0) is 61.4 Å². The average Bonchev–Trinajstić information content (AvgIpc) is 3.40. The number of carbonyl (C=O) groups excluding carboxylic acids is 1. The number of hydrogen-bond donors (Lipinski definition) is 0. The van der Waals surface area contributed by atoms with Gasteiger partial charge in [-0.2, -0.15) is 0 Å². The zero-order valence-electron chi connectivity index (χ0n) is 17.3. The number of ether oxygens (including phenoxy) is 2. The molecule has 7 heteroatoms. The Labute approximate surface area is 178 Å². The van der Waals surface area contributed by atoms with E-state index in [2.05, 4.69) is 13.0 Å². The number of hydrogen-bond acceptors (Lipinski definition) is 6. The number of aromatic nitrogens is 1. The number of amides is 1. The van der Waals surface area contributed by atoms with Gasteiger partial charge in [0.1, 0.15) is 17.3 Å². The molecule has 4 aromatic rings. The predicted octanol–water partition coefficient (Wildman–Crippen LogP) is 5.37. The highest BCUT2D eigenvalue weighted by Crippen LogP contribution is 2.35. The van der Waals surface area contributed by atoms with Gasteiger partial charge in [-0.1, -0.05) is 17.4 Å². The number of benzene rings is 2. The highest BCUT2D eigenvalue weighted by Gasteiger charge is 2.26. The van der Waals surface area contributed by atoms with Crippen molar-refractivity contribution in [2.75, 3.05) is 19.1 Å². The molecule has 0 radical (unpaired) electrons. The van der Waals surface area contributed by atoms with Gasteiger partial charge in [0.25, 0.3) is 5.91 Å². The van der Waals surface area contributed by atoms with Gasteiger partial charge in [0.2, 0.25) is 0 Å². The molecule has 2 aromatic heterocycles. The van der Waals surface area contributed by atoms with Crippen LogP contribution in [0.3, 0.4) is 0 Å². The lowest BCUT2D eigenvalue weighted by Crippen LogP contribution is -2.30. The van der Waals surface area contributed by atoms with Crippen molar-refractivity contribution in [2.24, 2.45) is 0 Å². The van der Waals surface area contributed by atoms with Gasteiger partial charge in [-0.15, -0.1) is 0 Å². The molecule has 30 heavy (non-hydrogen) atoms. The monoisotopic (exact) mass is 422 g/mol. The fraction of sp³-hybridized carbons (Fsp3) is 0.217. The highest BCUT2D eigenvalue weighted by atomic mass is 32.1. The summed E-state index contributed by atoms with van der Waals surface area (Å²) in [6, 6.07) is 13.0. The number of aryl methyl sites for hydroxylation is 2. The van der Waals surface area contributed by atoms with Gasteiger partial charge in [0, 0.05) is 0 Å². The van der Waals surface area contributed by atoms with Crippen LogP contribution in [0.1, 0.15) is 27.2 Å². The molecule has 0 N–H and O–H groups in total. The Morgan fingerprint density at radius 2 is 1.97 bits per heavy atom. The van der Waals surface area contributed by atoms with Crippen LogP contribution in [0.15, 0.2) is 53.1 Å². The Balaban J connectivity index is 1.83. The minimum Gasteiger partial charge on any atom is -0.497 e. The topological polar surface area (TPSA) is 64.8 Å². The van der Waals surface area contributed by atoms with Crippen LogP contribution in [0.25, 0.3) is 10.2 Å². The first kappa shape index (κ1) is 20.0. The Kier molecular flexibility index (Phi) is 5.46. The maximum Gasteiger partial charge on any atom is 0.264 e. The lowest BCUT2D eigenvalue weighted by molar-refractivity contribution is 0.0980. The van der Waals surface area contributed by atoms with Crippen LogP contribution in [0.2, 0.25) is 0 Å². The predicted molar refractivity (Wildman–Crippen MR) is 118 cm³/mol. The lowest BCUT2D eigenvalue weighted by Gasteiger charge is -2.20. The molecule has 6 nitrogen and oxygen atoms in total. The highest BCUT2D eigenvalue weighted by molar-refractivity contribution is 7.22. The van der Waals surface area contributed by atoms with Crippen molar-refractivity contribution in [3.05, 3.63) is 71.2 Å². The van der Waals surface area contributed by atoms with Gasteiger partial charge < -0.3 is 13.9 Å². The summed E-state index contributed by atoms with van der Waals surface area (Å²) in [7, 11) is 3.11. The summed E-state index contributed by atoms with van der Waals surface area (Å²) in [6.07, 6.45) is 1.59. The van der Waals surface area contributed by atoms with Crippen LogP contribution in [0.5, 0.6) is 11.5 Å². The van der Waals surface area contributed by atoms with Gasteiger partial charge in [-0.25, -0.2) is 4.98 Å². The maximum atomic E-state index is 13.7. The molecule has 154 valence electrons. The molecule has 0 bridgehead atoms. The number of carbonyl (C=O) groups is 1. The minimum atomic E-state index is -0.240. The van der Waals surface area contributed by atoms with E-state index in [4.69, 9.17) is 18.9 Å². The largest absolute Gasteiger partial charge is 0.497 e. The third kappa shape index (κ3) is 3.76. The summed E-state index contributed by atoms with van der Waals surface area (Å²) in [5.41, 5.74) is 3.55. The van der Waals surface area contributed by atoms with E-state index in [0.29, 0.717) is 28.0 Å². The number of rotatable bonds is 6. The van der Waals surface area contributed by atoms with E-state index in [-0.39, 0.29) is 12.5 Å². The molecule has 0 unspecified atom stereocenters. The molecule has 0 aliphatic carbocycles. The van der Waals surface area contributed by atoms with Gasteiger partial charge in [0.15, 0.2) is 5.13 Å². The first-order valence-corrected chi connectivity index (χ1v) is 10.3. The Bertz CT molecular complexity index is 1200. The zero-order valence-corrected chi connectivity index (χ0v) is 18.1. The Morgan fingerprint density at radius 3 is 2.67 bits per heavy atom. The molecule has 1 amide bonds. The van der Waals surface area contributed by atoms with Crippen LogP contribution in [-0.4, -0.2) is 25.1 Å². The second-order valence-electron chi connectivity index (χ2n) is 6.96. The van der Waals surface area contributed by atoms with Crippen LogP contribution in [0, 0.1) is 13.8 Å². The summed E-state index contributed by atoms with van der Waals surface area (Å²) in [5, 5.41) is 0.602. The third-order valence-electron chi connectivity index (χ3n) is 4.82. The van der Waals surface area contributed by atoms with E-state index >= 15 is 0 Å². The second kappa shape index (κ2) is 8.20. The fourth-order valence-corrected chi connectivity index (χ4v) is 4.40. The Hall–Kier alpha value is -3.32. The molecule has 0 saturated carbocycles. The summed E-state index contributed by atoms with van der Waals surface area (Å²) in [6.45, 7) is 4.35. The molecule has 0 spiro atoms. The van der Waals surface area contributed by atoms with Crippen LogP contribution in [0.4, 0.5) is 5.13 Å². The summed E-state index contributed by atoms with van der Waals surface area (Å²) >= 11 is 1.49. The van der Waals surface area contributed by atoms with E-state index in [1.54, 1.807) is 49.6 Å². The summed E-state index contributed by atoms with van der Waals surface area (Å²) in [4.78, 5) is 20.1. The Morgan fingerprint density at radius 1 is 1.13 bits per heavy atom. The SMILES string of the molecule is COc1ccc(OC)c(C(=O)N(Cc2ccco2)c2nc3cc(C)cc(C)c3s2)c1. The van der Waals surface area contributed by atoms with E-state index in [1.165, 1.54) is 11.3 Å². The van der Waals surface area contributed by atoms with Gasteiger partial charge in [0.05, 0.1) is 42.8 Å². The fourth-order valence-electron chi connectivity index (χ4n) is 3.39. The number of thiazole rings is 1. The molecule has 0 aliphatic heterocycles. The van der Waals surface area contributed by atoms with Crippen molar-refractivity contribution in [3.63, 3.8) is 0 Å². The second-order valence-corrected chi connectivity index (χ2v) is 7.94. The molecule has 0 atom stereocenters. The van der Waals surface area contributed by atoms with Crippen molar-refractivity contribution in [3.8, 4) is 11.5 Å². The number of furan rings is 1. The first-order chi connectivity index (χ1) is 14.5. The van der Waals surface area contributed by atoms with E-state index < -0.39 is 0 Å². The molecule has 0 aliphatic rings. The normalized spacial score (nSPS) is 10.9. The quantitative estimate of drug-likeness (QED) is 0.418. The average molecular weight is 423 g/mol. The van der Waals surface area contributed by atoms with Crippen LogP contribution in [-0.2, 0) is 6.54 Å². The first-order valence-electron chi connectivity index (χ1n) is 9.44. The molecule has 0 fully saturated rings. The molecule has 0 saturated heterocycles. The number of nitrogens with zero attached hydrogens (tertiary/aromatic N) is 2. The van der Waals surface area contributed by atoms with Crippen molar-refractivity contribution in [2.45, 2.75) is 20.4 Å². The van der Waals surface area contributed by atoms with Gasteiger partial charge in [-0.3, -0.25) is 9.69 Å². The summed E-state index contributed by atoms with van der Waals surface area (Å²) in [5.74, 6) is 1.47. The van der Waals surface area contributed by atoms with Crippen LogP contribution < -0.4 is 14.4 Å². The number of anilines is 1. The summed E-state index contributed by atoms with van der Waals surface area (Å²) < 4.78 is 17.3. The number of fused-ring (bicyclic) bond motifs is 1. The van der Waals surface area contributed by atoms with E-state index in [1.807, 2.05) is 19.1 Å². The molecular weight excluding hydrogens is 400 g/mol. The van der Waals surface area contributed by atoms with Crippen molar-refractivity contribution in [1.29, 1.82) is 0 Å². The number of methoxy groups -OCH3 is 2. The van der Waals surface area contributed by atoms with E-state index in [0.717, 1.165) is 21.3 Å². The smallest absolute Gasteiger partial charge is 0.264 e. The van der Waals surface area contributed by atoms with Gasteiger partial charge >= 0.3 is 0 Å². The maximum absolute atomic E-state index is 13.7. The lowest BCUT2D eigenvalue weighted by atomic mass is 10.1. The van der Waals surface area contributed by atoms with Crippen molar-refractivity contribution < 1.29 is 18.7 Å². The van der Waals surface area contributed by atoms with Crippen molar-refractivity contribution in [1.82, 2.24) is 4.98 Å². The zero-order chi connectivity index (χ0) is 21.3. The molecule has 4 rings (SSSR count). The third-order valence-corrected chi connectivity index (χ3v) is 6.05. The van der Waals surface area contributed by atoms with Crippen LogP contribution >= 0.6 is 11.3 Å².